The Hall–Kier alpha value is -3.47. The van der Waals surface area contributed by atoms with Crippen LogP contribution in [-0.4, -0.2) is 10.6 Å². The molecule has 122 valence electrons. The monoisotopic (exact) mass is 329 g/mol. The molecule has 1 heterocycles. The first-order valence-electron chi connectivity index (χ1n) is 7.96. The second kappa shape index (κ2) is 6.20. The zero-order valence-electron chi connectivity index (χ0n) is 13.3. The molecule has 3 aromatic carbocycles. The predicted molar refractivity (Wildman–Crippen MR) is 98.0 cm³/mol. The van der Waals surface area contributed by atoms with Crippen LogP contribution in [0, 0.1) is 10.1 Å². The van der Waals surface area contributed by atoms with Crippen LogP contribution in [0.1, 0.15) is 22.9 Å². The van der Waals surface area contributed by atoms with E-state index in [-0.39, 0.29) is 16.8 Å². The number of rotatable bonds is 3. The molecular formula is C20H15N3O2. The van der Waals surface area contributed by atoms with Crippen LogP contribution in [0.5, 0.6) is 0 Å². The van der Waals surface area contributed by atoms with Crippen LogP contribution in [-0.2, 0) is 0 Å². The molecule has 3 aromatic rings. The van der Waals surface area contributed by atoms with Gasteiger partial charge in [0.15, 0.2) is 0 Å². The first-order valence-corrected chi connectivity index (χ1v) is 7.96. The summed E-state index contributed by atoms with van der Waals surface area (Å²) in [6.45, 7) is 0. The largest absolute Gasteiger partial charge is 0.360 e. The fourth-order valence-corrected chi connectivity index (χ4v) is 2.99. The Labute approximate surface area is 144 Å². The molecule has 5 heteroatoms. The smallest absolute Gasteiger partial charge is 0.269 e. The summed E-state index contributed by atoms with van der Waals surface area (Å²) in [4.78, 5) is 15.5. The van der Waals surface area contributed by atoms with Gasteiger partial charge in [0.25, 0.3) is 5.69 Å². The van der Waals surface area contributed by atoms with E-state index in [0.717, 1.165) is 28.1 Å². The van der Waals surface area contributed by atoms with Crippen molar-refractivity contribution in [3.63, 3.8) is 0 Å². The standard InChI is InChI=1S/C20H15N3O2/c24-23(25)16-10-6-9-15(13-16)20-21-18-12-5-4-11-17(18)19(22-20)14-7-2-1-3-8-14/h1-13,20-21H. The van der Waals surface area contributed by atoms with Crippen molar-refractivity contribution in [1.82, 2.24) is 0 Å². The van der Waals surface area contributed by atoms with Gasteiger partial charge in [-0.2, -0.15) is 0 Å². The highest BCUT2D eigenvalue weighted by molar-refractivity contribution is 6.16. The van der Waals surface area contributed by atoms with Crippen LogP contribution in [0.15, 0.2) is 83.9 Å². The number of nitro benzene ring substituents is 1. The number of nitrogens with zero attached hydrogens (tertiary/aromatic N) is 2. The average molecular weight is 329 g/mol. The number of hydrogen-bond acceptors (Lipinski definition) is 4. The molecule has 1 aliphatic heterocycles. The van der Waals surface area contributed by atoms with Crippen molar-refractivity contribution in [3.05, 3.63) is 106 Å². The summed E-state index contributed by atoms with van der Waals surface area (Å²) in [6, 6.07) is 24.5. The molecule has 0 amide bonds. The zero-order valence-corrected chi connectivity index (χ0v) is 13.3. The Morgan fingerprint density at radius 1 is 0.920 bits per heavy atom. The van der Waals surface area contributed by atoms with Gasteiger partial charge in [-0.25, -0.2) is 0 Å². The van der Waals surface area contributed by atoms with Gasteiger partial charge in [0.1, 0.15) is 6.17 Å². The van der Waals surface area contributed by atoms with Crippen molar-refractivity contribution in [2.45, 2.75) is 6.17 Å². The minimum Gasteiger partial charge on any atom is -0.360 e. The lowest BCUT2D eigenvalue weighted by atomic mass is 9.97. The van der Waals surface area contributed by atoms with Crippen LogP contribution in [0.25, 0.3) is 0 Å². The molecule has 0 aliphatic carbocycles. The van der Waals surface area contributed by atoms with Gasteiger partial charge in [-0.15, -0.1) is 0 Å². The van der Waals surface area contributed by atoms with Gasteiger partial charge in [0.05, 0.1) is 10.6 Å². The van der Waals surface area contributed by atoms with Crippen LogP contribution < -0.4 is 5.32 Å². The Morgan fingerprint density at radius 3 is 2.48 bits per heavy atom. The average Bonchev–Trinajstić information content (AvgIpc) is 2.68. The number of hydrogen-bond donors (Lipinski definition) is 1. The van der Waals surface area contributed by atoms with E-state index < -0.39 is 0 Å². The molecule has 1 aliphatic rings. The number of nitrogens with one attached hydrogen (secondary N) is 1. The Kier molecular flexibility index (Phi) is 3.74. The molecule has 0 saturated carbocycles. The molecule has 0 spiro atoms. The van der Waals surface area contributed by atoms with Crippen molar-refractivity contribution in [1.29, 1.82) is 0 Å². The van der Waals surface area contributed by atoms with Gasteiger partial charge < -0.3 is 5.32 Å². The molecule has 25 heavy (non-hydrogen) atoms. The molecule has 4 rings (SSSR count). The summed E-state index contributed by atoms with van der Waals surface area (Å²) in [7, 11) is 0. The second-order valence-electron chi connectivity index (χ2n) is 5.79. The number of non-ortho nitro benzene ring substituents is 1. The summed E-state index contributed by atoms with van der Waals surface area (Å²) in [5, 5.41) is 14.4. The Morgan fingerprint density at radius 2 is 1.68 bits per heavy atom. The molecular weight excluding hydrogens is 314 g/mol. The number of nitro groups is 1. The third-order valence-corrected chi connectivity index (χ3v) is 4.18. The molecule has 0 saturated heterocycles. The number of benzene rings is 3. The highest BCUT2D eigenvalue weighted by Gasteiger charge is 2.23. The third-order valence-electron chi connectivity index (χ3n) is 4.18. The van der Waals surface area contributed by atoms with E-state index in [2.05, 4.69) is 5.32 Å². The fraction of sp³-hybridized carbons (Fsp3) is 0.0500. The maximum Gasteiger partial charge on any atom is 0.269 e. The highest BCUT2D eigenvalue weighted by atomic mass is 16.6. The first-order chi connectivity index (χ1) is 12.2. The van der Waals surface area contributed by atoms with Crippen LogP contribution in [0.2, 0.25) is 0 Å². The molecule has 0 fully saturated rings. The second-order valence-corrected chi connectivity index (χ2v) is 5.79. The first kappa shape index (κ1) is 15.1. The topological polar surface area (TPSA) is 67.5 Å². The molecule has 1 unspecified atom stereocenters. The van der Waals surface area contributed by atoms with Crippen molar-refractivity contribution in [2.75, 3.05) is 5.32 Å². The van der Waals surface area contributed by atoms with Crippen LogP contribution >= 0.6 is 0 Å². The zero-order chi connectivity index (χ0) is 17.2. The van der Waals surface area contributed by atoms with Gasteiger partial charge in [-0.3, -0.25) is 15.1 Å². The van der Waals surface area contributed by atoms with Gasteiger partial charge in [0.2, 0.25) is 0 Å². The van der Waals surface area contributed by atoms with E-state index in [1.807, 2.05) is 60.7 Å². The van der Waals surface area contributed by atoms with Crippen molar-refractivity contribution in [2.24, 2.45) is 4.99 Å². The fourth-order valence-electron chi connectivity index (χ4n) is 2.99. The maximum atomic E-state index is 11.1. The normalized spacial score (nSPS) is 15.7. The highest BCUT2D eigenvalue weighted by Crippen LogP contribution is 2.32. The van der Waals surface area contributed by atoms with E-state index in [9.17, 15) is 10.1 Å². The van der Waals surface area contributed by atoms with E-state index >= 15 is 0 Å². The number of anilines is 1. The van der Waals surface area contributed by atoms with E-state index in [1.54, 1.807) is 12.1 Å². The van der Waals surface area contributed by atoms with Crippen LogP contribution in [0.4, 0.5) is 11.4 Å². The SMILES string of the molecule is O=[N+]([O-])c1cccc(C2N=C(c3ccccc3)c3ccccc3N2)c1. The van der Waals surface area contributed by atoms with E-state index in [1.165, 1.54) is 6.07 Å². The van der Waals surface area contributed by atoms with Crippen LogP contribution in [0.3, 0.4) is 0 Å². The molecule has 1 atom stereocenters. The van der Waals surface area contributed by atoms with Crippen molar-refractivity contribution >= 4 is 17.1 Å². The molecule has 5 nitrogen and oxygen atoms in total. The van der Waals surface area contributed by atoms with Gasteiger partial charge in [0, 0.05) is 34.5 Å². The minimum atomic E-state index is -0.387. The molecule has 0 radical (unpaired) electrons. The number of fused-ring (bicyclic) bond motifs is 1. The lowest BCUT2D eigenvalue weighted by Crippen LogP contribution is -2.20. The van der Waals surface area contributed by atoms with Crippen molar-refractivity contribution in [3.8, 4) is 0 Å². The summed E-state index contributed by atoms with van der Waals surface area (Å²) in [5.74, 6) is 0. The molecule has 1 N–H and O–H groups in total. The third kappa shape index (κ3) is 2.87. The van der Waals surface area contributed by atoms with Gasteiger partial charge in [-0.1, -0.05) is 60.7 Å². The predicted octanol–water partition coefficient (Wildman–Crippen LogP) is 4.56. The Bertz CT molecular complexity index is 967. The quantitative estimate of drug-likeness (QED) is 0.566. The number of para-hydroxylation sites is 1. The molecule has 0 bridgehead atoms. The summed E-state index contributed by atoms with van der Waals surface area (Å²) in [6.07, 6.45) is -0.370. The lowest BCUT2D eigenvalue weighted by molar-refractivity contribution is -0.384. The summed E-state index contributed by atoms with van der Waals surface area (Å²) < 4.78 is 0. The molecule has 0 aromatic heterocycles. The summed E-state index contributed by atoms with van der Waals surface area (Å²) in [5.41, 5.74) is 4.72. The lowest BCUT2D eigenvalue weighted by Gasteiger charge is -2.26. The van der Waals surface area contributed by atoms with Gasteiger partial charge in [-0.05, 0) is 6.07 Å². The maximum absolute atomic E-state index is 11.1. The van der Waals surface area contributed by atoms with E-state index in [4.69, 9.17) is 4.99 Å². The minimum absolute atomic E-state index is 0.0645. The Balaban J connectivity index is 1.83. The van der Waals surface area contributed by atoms with Gasteiger partial charge >= 0.3 is 0 Å². The number of aliphatic imine (C=N–C) groups is 1. The van der Waals surface area contributed by atoms with Crippen molar-refractivity contribution < 1.29 is 4.92 Å². The summed E-state index contributed by atoms with van der Waals surface area (Å²) >= 11 is 0. The van der Waals surface area contributed by atoms with E-state index in [0.29, 0.717) is 0 Å².